The predicted octanol–water partition coefficient (Wildman–Crippen LogP) is 1.88. The van der Waals surface area contributed by atoms with Crippen LogP contribution in [0.2, 0.25) is 0 Å². The highest BCUT2D eigenvalue weighted by molar-refractivity contribution is 5.71. The van der Waals surface area contributed by atoms with Gasteiger partial charge in [0.2, 0.25) is 0 Å². The van der Waals surface area contributed by atoms with Gasteiger partial charge in [-0.1, -0.05) is 12.8 Å². The fourth-order valence-corrected chi connectivity index (χ4v) is 3.39. The molecule has 2 N–H and O–H groups in total. The molecule has 1 aliphatic carbocycles. The molecule has 0 aromatic rings. The molecule has 1 saturated carbocycles. The maximum atomic E-state index is 12.7. The average Bonchev–Trinajstić information content (AvgIpc) is 2.33. The van der Waals surface area contributed by atoms with Crippen LogP contribution in [-0.4, -0.2) is 52.5 Å². The fourth-order valence-electron chi connectivity index (χ4n) is 3.39. The molecule has 3 atom stereocenters. The van der Waals surface area contributed by atoms with Crippen LogP contribution in [0, 0.1) is 11.8 Å². The number of likely N-dealkylation sites (tertiary alicyclic amines) is 1. The number of carboxylic acids is 1. The number of nitrogens with zero attached hydrogens (tertiary/aromatic N) is 1. The average molecular weight is 295 g/mol. The van der Waals surface area contributed by atoms with Crippen molar-refractivity contribution in [3.8, 4) is 0 Å². The van der Waals surface area contributed by atoms with Gasteiger partial charge in [-0.2, -0.15) is 13.2 Å². The monoisotopic (exact) mass is 295 g/mol. The van der Waals surface area contributed by atoms with Crippen molar-refractivity contribution in [2.75, 3.05) is 19.6 Å². The summed E-state index contributed by atoms with van der Waals surface area (Å²) < 4.78 is 38.0. The van der Waals surface area contributed by atoms with E-state index in [1.807, 2.05) is 0 Å². The quantitative estimate of drug-likeness (QED) is 0.834. The smallest absolute Gasteiger partial charge is 0.403 e. The zero-order valence-electron chi connectivity index (χ0n) is 11.2. The van der Waals surface area contributed by atoms with E-state index in [-0.39, 0.29) is 5.92 Å². The first-order chi connectivity index (χ1) is 9.22. The molecule has 2 rings (SSSR count). The van der Waals surface area contributed by atoms with Crippen molar-refractivity contribution in [1.82, 2.24) is 4.90 Å². The first-order valence-electron chi connectivity index (χ1n) is 6.96. The highest BCUT2D eigenvalue weighted by atomic mass is 19.4. The molecule has 1 heterocycles. The molecule has 0 amide bonds. The minimum atomic E-state index is -4.73. The Morgan fingerprint density at radius 2 is 2.05 bits per heavy atom. The van der Waals surface area contributed by atoms with Gasteiger partial charge in [-0.15, -0.1) is 0 Å². The molecule has 1 saturated heterocycles. The number of carbonyl (C=O) groups is 1. The Labute approximate surface area is 115 Å². The molecule has 0 spiro atoms. The van der Waals surface area contributed by atoms with Crippen molar-refractivity contribution in [1.29, 1.82) is 0 Å². The summed E-state index contributed by atoms with van der Waals surface area (Å²) >= 11 is 0. The highest BCUT2D eigenvalue weighted by Crippen LogP contribution is 2.40. The number of halogens is 3. The van der Waals surface area contributed by atoms with E-state index in [4.69, 9.17) is 5.11 Å². The van der Waals surface area contributed by atoms with E-state index in [0.29, 0.717) is 25.9 Å². The van der Waals surface area contributed by atoms with Crippen molar-refractivity contribution in [3.63, 3.8) is 0 Å². The van der Waals surface area contributed by atoms with Gasteiger partial charge in [0.1, 0.15) is 0 Å². The van der Waals surface area contributed by atoms with Crippen molar-refractivity contribution in [2.24, 2.45) is 11.8 Å². The Kier molecular flexibility index (Phi) is 4.30. The molecule has 7 heteroatoms. The van der Waals surface area contributed by atoms with E-state index in [2.05, 4.69) is 0 Å². The molecule has 3 unspecified atom stereocenters. The molecule has 2 aliphatic rings. The van der Waals surface area contributed by atoms with Crippen LogP contribution in [-0.2, 0) is 4.79 Å². The molecule has 0 radical (unpaired) electrons. The van der Waals surface area contributed by atoms with E-state index in [1.165, 1.54) is 4.90 Å². The Bertz CT molecular complexity index is 374. The van der Waals surface area contributed by atoms with Gasteiger partial charge in [0.05, 0.1) is 5.60 Å². The lowest BCUT2D eigenvalue weighted by Gasteiger charge is -2.47. The number of hydrogen-bond acceptors (Lipinski definition) is 3. The largest absolute Gasteiger partial charge is 0.481 e. The number of alkyl halides is 3. The molecule has 0 aromatic carbocycles. The van der Waals surface area contributed by atoms with Gasteiger partial charge in [0, 0.05) is 25.6 Å². The third-order valence-corrected chi connectivity index (χ3v) is 4.65. The minimum absolute atomic E-state index is 0.0346. The first-order valence-corrected chi connectivity index (χ1v) is 6.96. The molecule has 0 bridgehead atoms. The predicted molar refractivity (Wildman–Crippen MR) is 65.1 cm³/mol. The minimum Gasteiger partial charge on any atom is -0.481 e. The van der Waals surface area contributed by atoms with Gasteiger partial charge in [-0.25, -0.2) is 0 Å². The van der Waals surface area contributed by atoms with E-state index in [0.717, 1.165) is 19.3 Å². The maximum Gasteiger partial charge on any atom is 0.403 e. The number of rotatable bonds is 3. The summed E-state index contributed by atoms with van der Waals surface area (Å²) in [7, 11) is 0. The SMILES string of the molecule is O=C(O)C(CN1CCC2(O)CCCCC2C1)C(F)(F)F. The van der Waals surface area contributed by atoms with Crippen molar-refractivity contribution in [2.45, 2.75) is 43.9 Å². The Morgan fingerprint density at radius 1 is 1.35 bits per heavy atom. The van der Waals surface area contributed by atoms with Crippen LogP contribution in [0.4, 0.5) is 13.2 Å². The van der Waals surface area contributed by atoms with E-state index in [1.54, 1.807) is 0 Å². The molecule has 116 valence electrons. The summed E-state index contributed by atoms with van der Waals surface area (Å²) in [6, 6.07) is 0. The molecule has 1 aliphatic heterocycles. The second kappa shape index (κ2) is 5.52. The van der Waals surface area contributed by atoms with E-state index < -0.39 is 30.2 Å². The van der Waals surface area contributed by atoms with Gasteiger partial charge in [-0.3, -0.25) is 4.79 Å². The summed E-state index contributed by atoms with van der Waals surface area (Å²) in [5.41, 5.74) is -0.758. The van der Waals surface area contributed by atoms with Gasteiger partial charge in [-0.05, 0) is 19.3 Å². The molecule has 0 aromatic heterocycles. The Hall–Kier alpha value is -0.820. The van der Waals surface area contributed by atoms with E-state index in [9.17, 15) is 23.1 Å². The molecular weight excluding hydrogens is 275 g/mol. The molecule has 4 nitrogen and oxygen atoms in total. The maximum absolute atomic E-state index is 12.7. The van der Waals surface area contributed by atoms with Crippen LogP contribution in [0.3, 0.4) is 0 Å². The van der Waals surface area contributed by atoms with Crippen LogP contribution in [0.5, 0.6) is 0 Å². The lowest BCUT2D eigenvalue weighted by molar-refractivity contribution is -0.199. The number of carboxylic acid groups (broad SMARTS) is 1. The van der Waals surface area contributed by atoms with Gasteiger partial charge >= 0.3 is 12.1 Å². The Morgan fingerprint density at radius 3 is 2.65 bits per heavy atom. The second-order valence-corrected chi connectivity index (χ2v) is 5.99. The summed E-state index contributed by atoms with van der Waals surface area (Å²) in [6.07, 6.45) is -0.867. The number of aliphatic hydroxyl groups is 1. The van der Waals surface area contributed by atoms with Crippen molar-refractivity contribution in [3.05, 3.63) is 0 Å². The third-order valence-electron chi connectivity index (χ3n) is 4.65. The third kappa shape index (κ3) is 3.25. The number of fused-ring (bicyclic) bond motifs is 1. The Balaban J connectivity index is 1.99. The molecular formula is C13H20F3NO3. The van der Waals surface area contributed by atoms with Gasteiger partial charge < -0.3 is 15.1 Å². The van der Waals surface area contributed by atoms with Crippen LogP contribution < -0.4 is 0 Å². The zero-order valence-corrected chi connectivity index (χ0v) is 11.2. The van der Waals surface area contributed by atoms with E-state index >= 15 is 0 Å². The van der Waals surface area contributed by atoms with Crippen molar-refractivity contribution >= 4 is 5.97 Å². The lowest BCUT2D eigenvalue weighted by atomic mass is 9.71. The summed E-state index contributed by atoms with van der Waals surface area (Å²) in [5.74, 6) is -4.22. The number of aliphatic carboxylic acids is 1. The highest BCUT2D eigenvalue weighted by Gasteiger charge is 2.48. The standard InChI is InChI=1S/C13H20F3NO3/c14-13(15,16)10(11(18)19)8-17-6-5-12(20)4-2-1-3-9(12)7-17/h9-10,20H,1-8H2,(H,18,19). The zero-order chi connectivity index (χ0) is 15.0. The summed E-state index contributed by atoms with van der Waals surface area (Å²) in [5, 5.41) is 19.2. The molecule has 2 fully saturated rings. The summed E-state index contributed by atoms with van der Waals surface area (Å²) in [6.45, 7) is 0.161. The van der Waals surface area contributed by atoms with Crippen LogP contribution in [0.1, 0.15) is 32.1 Å². The van der Waals surface area contributed by atoms with Crippen LogP contribution >= 0.6 is 0 Å². The van der Waals surface area contributed by atoms with Crippen molar-refractivity contribution < 1.29 is 28.2 Å². The van der Waals surface area contributed by atoms with Gasteiger partial charge in [0.25, 0.3) is 0 Å². The number of piperidine rings is 1. The van der Waals surface area contributed by atoms with Crippen LogP contribution in [0.15, 0.2) is 0 Å². The second-order valence-electron chi connectivity index (χ2n) is 5.99. The first kappa shape index (κ1) is 15.6. The number of hydrogen-bond donors (Lipinski definition) is 2. The fraction of sp³-hybridized carbons (Fsp3) is 0.923. The molecule has 20 heavy (non-hydrogen) atoms. The van der Waals surface area contributed by atoms with Gasteiger partial charge in [0.15, 0.2) is 5.92 Å². The summed E-state index contributed by atoms with van der Waals surface area (Å²) in [4.78, 5) is 12.3. The topological polar surface area (TPSA) is 60.8 Å². The normalized spacial score (nSPS) is 33.5. The van der Waals surface area contributed by atoms with Crippen LogP contribution in [0.25, 0.3) is 0 Å². The lowest BCUT2D eigenvalue weighted by Crippen LogP contribution is -2.55.